The Morgan fingerprint density at radius 2 is 2.12 bits per heavy atom. The Labute approximate surface area is 157 Å². The number of aryl methyl sites for hydroxylation is 1. The van der Waals surface area contributed by atoms with Crippen molar-refractivity contribution >= 4 is 58.6 Å². The van der Waals surface area contributed by atoms with Crippen molar-refractivity contribution in [1.29, 1.82) is 0 Å². The van der Waals surface area contributed by atoms with Crippen LogP contribution in [0.1, 0.15) is 28.8 Å². The summed E-state index contributed by atoms with van der Waals surface area (Å²) in [4.78, 5) is 16.4. The van der Waals surface area contributed by atoms with Crippen molar-refractivity contribution < 1.29 is 4.79 Å². The van der Waals surface area contributed by atoms with Crippen molar-refractivity contribution in [3.63, 3.8) is 0 Å². The number of aromatic nitrogens is 2. The monoisotopic (exact) mass is 386 g/mol. The average Bonchev–Trinajstić information content (AvgIpc) is 3.14. The number of thiazole rings is 1. The highest BCUT2D eigenvalue weighted by Gasteiger charge is 2.11. The van der Waals surface area contributed by atoms with E-state index in [0.717, 1.165) is 29.0 Å². The van der Waals surface area contributed by atoms with Crippen LogP contribution >= 0.6 is 36.2 Å². The van der Waals surface area contributed by atoms with Gasteiger partial charge in [-0.15, -0.1) is 36.2 Å². The SMILES string of the molecule is CCCn1ccc2cc(NC(=O)c3csc(CN)n3)ccc21.Cl.Cl. The highest BCUT2D eigenvalue weighted by Crippen LogP contribution is 2.21. The lowest BCUT2D eigenvalue weighted by Gasteiger charge is -2.06. The first kappa shape index (κ1) is 20.4. The molecule has 130 valence electrons. The summed E-state index contributed by atoms with van der Waals surface area (Å²) < 4.78 is 2.22. The van der Waals surface area contributed by atoms with Crippen LogP contribution in [0, 0.1) is 0 Å². The van der Waals surface area contributed by atoms with Crippen LogP contribution < -0.4 is 11.1 Å². The summed E-state index contributed by atoms with van der Waals surface area (Å²) in [5.74, 6) is -0.205. The third-order valence-electron chi connectivity index (χ3n) is 3.45. The number of halogens is 2. The molecule has 3 aromatic rings. The smallest absolute Gasteiger partial charge is 0.275 e. The number of nitrogens with one attached hydrogen (secondary N) is 1. The lowest BCUT2D eigenvalue weighted by molar-refractivity contribution is 0.102. The van der Waals surface area contributed by atoms with E-state index in [2.05, 4.69) is 34.1 Å². The molecule has 8 heteroatoms. The molecule has 0 bridgehead atoms. The molecular weight excluding hydrogens is 367 g/mol. The number of carbonyl (C=O) groups excluding carboxylic acids is 1. The fourth-order valence-electron chi connectivity index (χ4n) is 2.42. The second-order valence-electron chi connectivity index (χ2n) is 5.07. The van der Waals surface area contributed by atoms with Crippen LogP contribution in [0.4, 0.5) is 5.69 Å². The van der Waals surface area contributed by atoms with Crippen molar-refractivity contribution in [1.82, 2.24) is 9.55 Å². The van der Waals surface area contributed by atoms with Gasteiger partial charge in [-0.2, -0.15) is 0 Å². The van der Waals surface area contributed by atoms with E-state index < -0.39 is 0 Å². The molecule has 3 rings (SSSR count). The normalized spacial score (nSPS) is 10.1. The molecule has 24 heavy (non-hydrogen) atoms. The van der Waals surface area contributed by atoms with Gasteiger partial charge in [0.15, 0.2) is 0 Å². The number of amides is 1. The van der Waals surface area contributed by atoms with E-state index in [9.17, 15) is 4.79 Å². The van der Waals surface area contributed by atoms with Crippen molar-refractivity contribution in [2.75, 3.05) is 5.32 Å². The van der Waals surface area contributed by atoms with E-state index in [1.165, 1.54) is 16.9 Å². The Balaban J connectivity index is 0.00000144. The maximum absolute atomic E-state index is 12.2. The van der Waals surface area contributed by atoms with Gasteiger partial charge >= 0.3 is 0 Å². The maximum atomic E-state index is 12.2. The van der Waals surface area contributed by atoms with E-state index >= 15 is 0 Å². The van der Waals surface area contributed by atoms with Crippen LogP contribution in [0.25, 0.3) is 10.9 Å². The number of benzene rings is 1. The molecule has 0 aliphatic rings. The molecule has 0 saturated heterocycles. The van der Waals surface area contributed by atoms with Gasteiger partial charge in [0.25, 0.3) is 5.91 Å². The molecule has 0 aliphatic carbocycles. The molecular formula is C16H20Cl2N4OS. The van der Waals surface area contributed by atoms with Crippen LogP contribution in [0.5, 0.6) is 0 Å². The summed E-state index contributed by atoms with van der Waals surface area (Å²) in [5, 5.41) is 6.49. The number of rotatable bonds is 5. The van der Waals surface area contributed by atoms with E-state index in [0.29, 0.717) is 12.2 Å². The third kappa shape index (κ3) is 4.27. The van der Waals surface area contributed by atoms with Gasteiger partial charge in [-0.25, -0.2) is 4.98 Å². The molecule has 0 fully saturated rings. The molecule has 0 unspecified atom stereocenters. The van der Waals surface area contributed by atoms with Crippen molar-refractivity contribution in [3.05, 3.63) is 46.5 Å². The number of carbonyl (C=O) groups is 1. The first-order valence-electron chi connectivity index (χ1n) is 7.26. The van der Waals surface area contributed by atoms with E-state index in [1.807, 2.05) is 18.2 Å². The van der Waals surface area contributed by atoms with Gasteiger partial charge in [0.05, 0.1) is 0 Å². The molecule has 0 radical (unpaired) electrons. The number of fused-ring (bicyclic) bond motifs is 1. The predicted molar refractivity (Wildman–Crippen MR) is 105 cm³/mol. The minimum atomic E-state index is -0.205. The minimum Gasteiger partial charge on any atom is -0.347 e. The van der Waals surface area contributed by atoms with Gasteiger partial charge in [-0.05, 0) is 30.7 Å². The molecule has 5 nitrogen and oxygen atoms in total. The van der Waals surface area contributed by atoms with E-state index in [4.69, 9.17) is 5.73 Å². The topological polar surface area (TPSA) is 72.9 Å². The number of nitrogens with zero attached hydrogens (tertiary/aromatic N) is 2. The maximum Gasteiger partial charge on any atom is 0.275 e. The Bertz CT molecular complexity index is 815. The molecule has 2 aromatic heterocycles. The zero-order chi connectivity index (χ0) is 15.5. The number of anilines is 1. The first-order chi connectivity index (χ1) is 10.7. The van der Waals surface area contributed by atoms with Gasteiger partial charge in [0.2, 0.25) is 0 Å². The van der Waals surface area contributed by atoms with Crippen LogP contribution in [0.15, 0.2) is 35.8 Å². The lowest BCUT2D eigenvalue weighted by Crippen LogP contribution is -2.12. The summed E-state index contributed by atoms with van der Waals surface area (Å²) in [6.07, 6.45) is 3.17. The van der Waals surface area contributed by atoms with E-state index in [1.54, 1.807) is 5.38 Å². The molecule has 1 aromatic carbocycles. The zero-order valence-corrected chi connectivity index (χ0v) is 15.6. The van der Waals surface area contributed by atoms with Crippen molar-refractivity contribution in [2.45, 2.75) is 26.4 Å². The molecule has 0 atom stereocenters. The molecule has 0 aliphatic heterocycles. The van der Waals surface area contributed by atoms with Crippen molar-refractivity contribution in [3.8, 4) is 0 Å². The summed E-state index contributed by atoms with van der Waals surface area (Å²) in [7, 11) is 0. The fraction of sp³-hybridized carbons (Fsp3) is 0.250. The molecule has 0 spiro atoms. The van der Waals surface area contributed by atoms with Crippen molar-refractivity contribution in [2.24, 2.45) is 5.73 Å². The molecule has 2 heterocycles. The van der Waals surface area contributed by atoms with Gasteiger partial charge in [0.1, 0.15) is 10.7 Å². The largest absolute Gasteiger partial charge is 0.347 e. The van der Waals surface area contributed by atoms with Crippen LogP contribution in [0.2, 0.25) is 0 Å². The summed E-state index contributed by atoms with van der Waals surface area (Å²) in [6.45, 7) is 3.51. The highest BCUT2D eigenvalue weighted by atomic mass is 35.5. The van der Waals surface area contributed by atoms with Crippen LogP contribution in [0.3, 0.4) is 0 Å². The zero-order valence-electron chi connectivity index (χ0n) is 13.2. The summed E-state index contributed by atoms with van der Waals surface area (Å²) in [5.41, 5.74) is 7.88. The minimum absolute atomic E-state index is 0. The average molecular weight is 387 g/mol. The van der Waals surface area contributed by atoms with Crippen LogP contribution in [-0.4, -0.2) is 15.5 Å². The number of nitrogens with two attached hydrogens (primary N) is 1. The van der Waals surface area contributed by atoms with Crippen LogP contribution in [-0.2, 0) is 13.1 Å². The molecule has 1 amide bonds. The second kappa shape index (κ2) is 9.03. The Hall–Kier alpha value is -1.60. The summed E-state index contributed by atoms with van der Waals surface area (Å²) in [6, 6.07) is 8.00. The Kier molecular flexibility index (Phi) is 7.69. The predicted octanol–water partition coefficient (Wildman–Crippen LogP) is 4.06. The summed E-state index contributed by atoms with van der Waals surface area (Å²) >= 11 is 1.40. The molecule has 3 N–H and O–H groups in total. The van der Waals surface area contributed by atoms with Gasteiger partial charge in [-0.1, -0.05) is 6.92 Å². The first-order valence-corrected chi connectivity index (χ1v) is 8.14. The van der Waals surface area contributed by atoms with Gasteiger partial charge in [0, 0.05) is 41.3 Å². The highest BCUT2D eigenvalue weighted by molar-refractivity contribution is 7.09. The van der Waals surface area contributed by atoms with E-state index in [-0.39, 0.29) is 30.7 Å². The van der Waals surface area contributed by atoms with Gasteiger partial charge < -0.3 is 15.6 Å². The third-order valence-corrected chi connectivity index (χ3v) is 4.32. The Morgan fingerprint density at radius 1 is 1.33 bits per heavy atom. The lowest BCUT2D eigenvalue weighted by atomic mass is 10.2. The fourth-order valence-corrected chi connectivity index (χ4v) is 3.07. The second-order valence-corrected chi connectivity index (χ2v) is 6.01. The standard InChI is InChI=1S/C16H18N4OS.2ClH/c1-2-6-20-7-5-11-8-12(3-4-14(11)20)18-16(21)13-10-22-15(9-17)19-13;;/h3-5,7-8,10H,2,6,9,17H2,1H3,(H,18,21);2*1H. The molecule has 0 saturated carbocycles. The Morgan fingerprint density at radius 3 is 2.79 bits per heavy atom. The number of hydrogen-bond acceptors (Lipinski definition) is 4. The quantitative estimate of drug-likeness (QED) is 0.693. The number of hydrogen-bond donors (Lipinski definition) is 2. The van der Waals surface area contributed by atoms with Gasteiger partial charge in [-0.3, -0.25) is 4.79 Å².